The van der Waals surface area contributed by atoms with Crippen molar-refractivity contribution in [2.75, 3.05) is 12.4 Å². The molecule has 1 amide bonds. The molecule has 0 saturated heterocycles. The first-order chi connectivity index (χ1) is 13.9. The maximum absolute atomic E-state index is 13.1. The zero-order valence-corrected chi connectivity index (χ0v) is 16.9. The van der Waals surface area contributed by atoms with Crippen molar-refractivity contribution >= 4 is 34.2 Å². The number of esters is 1. The fourth-order valence-corrected chi connectivity index (χ4v) is 5.66. The average molecular weight is 411 g/mol. The number of carbonyl (C=O) groups excluding carboxylic acids is 2. The molecule has 0 unspecified atom stereocenters. The first kappa shape index (κ1) is 19.4. The number of thiophene rings is 1. The van der Waals surface area contributed by atoms with Gasteiger partial charge >= 0.3 is 11.9 Å². The summed E-state index contributed by atoms with van der Waals surface area (Å²) in [5, 5.41) is 12.9. The molecular weight excluding hydrogens is 390 g/mol. The number of carboxylic acids is 1. The molecule has 29 heavy (non-hydrogen) atoms. The second kappa shape index (κ2) is 7.48. The number of aryl methyl sites for hydroxylation is 1. The van der Waals surface area contributed by atoms with E-state index in [2.05, 4.69) is 5.32 Å². The second-order valence-electron chi connectivity index (χ2n) is 7.42. The molecule has 0 spiro atoms. The topological polar surface area (TPSA) is 92.7 Å². The molecular formula is C22H21NO5S. The van der Waals surface area contributed by atoms with Gasteiger partial charge in [-0.1, -0.05) is 42.5 Å². The largest absolute Gasteiger partial charge is 0.481 e. The van der Waals surface area contributed by atoms with Gasteiger partial charge in [0.1, 0.15) is 10.6 Å². The number of methoxy groups -OCH3 is 1. The maximum Gasteiger partial charge on any atom is 0.341 e. The summed E-state index contributed by atoms with van der Waals surface area (Å²) in [5.41, 5.74) is 1.88. The average Bonchev–Trinajstić information content (AvgIpc) is 3.40. The summed E-state index contributed by atoms with van der Waals surface area (Å²) in [5.74, 6) is -3.43. The highest BCUT2D eigenvalue weighted by molar-refractivity contribution is 7.17. The molecule has 1 aromatic carbocycles. The lowest BCUT2D eigenvalue weighted by molar-refractivity contribution is -0.146. The molecule has 2 bridgehead atoms. The highest BCUT2D eigenvalue weighted by Crippen LogP contribution is 2.49. The van der Waals surface area contributed by atoms with E-state index in [-0.39, 0.29) is 17.7 Å². The van der Waals surface area contributed by atoms with Crippen LogP contribution in [0.3, 0.4) is 0 Å². The highest BCUT2D eigenvalue weighted by atomic mass is 32.1. The van der Waals surface area contributed by atoms with E-state index in [1.165, 1.54) is 18.4 Å². The molecule has 2 aliphatic carbocycles. The smallest absolute Gasteiger partial charge is 0.341 e. The number of rotatable bonds is 5. The van der Waals surface area contributed by atoms with E-state index in [4.69, 9.17) is 4.74 Å². The summed E-state index contributed by atoms with van der Waals surface area (Å²) in [6.07, 6.45) is 4.51. The van der Waals surface area contributed by atoms with E-state index in [1.807, 2.05) is 49.4 Å². The number of hydrogen-bond acceptors (Lipinski definition) is 5. The molecule has 0 radical (unpaired) electrons. The van der Waals surface area contributed by atoms with Crippen LogP contribution in [-0.4, -0.2) is 30.1 Å². The van der Waals surface area contributed by atoms with Gasteiger partial charge in [0, 0.05) is 10.4 Å². The zero-order chi connectivity index (χ0) is 20.7. The number of carboxylic acid groups (broad SMARTS) is 1. The van der Waals surface area contributed by atoms with Crippen LogP contribution in [0, 0.1) is 30.6 Å². The van der Waals surface area contributed by atoms with Crippen molar-refractivity contribution in [3.63, 3.8) is 0 Å². The van der Waals surface area contributed by atoms with Gasteiger partial charge in [0.25, 0.3) is 0 Å². The summed E-state index contributed by atoms with van der Waals surface area (Å²) in [6.45, 7) is 1.88. The van der Waals surface area contributed by atoms with Crippen molar-refractivity contribution in [3.05, 3.63) is 52.9 Å². The minimum Gasteiger partial charge on any atom is -0.481 e. The van der Waals surface area contributed by atoms with Crippen LogP contribution in [0.2, 0.25) is 0 Å². The van der Waals surface area contributed by atoms with Crippen LogP contribution in [-0.2, 0) is 14.3 Å². The summed E-state index contributed by atoms with van der Waals surface area (Å²) in [7, 11) is 1.30. The number of carbonyl (C=O) groups is 3. The van der Waals surface area contributed by atoms with E-state index in [0.717, 1.165) is 16.0 Å². The van der Waals surface area contributed by atoms with Gasteiger partial charge in [0.15, 0.2) is 0 Å². The van der Waals surface area contributed by atoms with Gasteiger partial charge in [0.2, 0.25) is 5.91 Å². The van der Waals surface area contributed by atoms with Crippen LogP contribution >= 0.6 is 11.3 Å². The van der Waals surface area contributed by atoms with Crippen LogP contribution in [0.4, 0.5) is 5.00 Å². The van der Waals surface area contributed by atoms with Crippen molar-refractivity contribution in [1.82, 2.24) is 0 Å². The minimum absolute atomic E-state index is 0.0858. The molecule has 1 aromatic heterocycles. The van der Waals surface area contributed by atoms with E-state index >= 15 is 0 Å². The summed E-state index contributed by atoms with van der Waals surface area (Å²) >= 11 is 1.30. The number of allylic oxidation sites excluding steroid dienone is 2. The lowest BCUT2D eigenvalue weighted by atomic mass is 9.82. The summed E-state index contributed by atoms with van der Waals surface area (Å²) < 4.78 is 4.98. The van der Waals surface area contributed by atoms with E-state index < -0.39 is 23.8 Å². The Kier molecular flexibility index (Phi) is 5.00. The number of benzene rings is 1. The Labute approximate surface area is 172 Å². The van der Waals surface area contributed by atoms with Crippen molar-refractivity contribution in [2.24, 2.45) is 23.7 Å². The zero-order valence-electron chi connectivity index (χ0n) is 16.0. The second-order valence-corrected chi connectivity index (χ2v) is 8.65. The Bertz CT molecular complexity index is 1010. The molecule has 6 nitrogen and oxygen atoms in total. The number of amides is 1. The maximum atomic E-state index is 13.1. The van der Waals surface area contributed by atoms with Gasteiger partial charge in [-0.2, -0.15) is 0 Å². The molecule has 2 N–H and O–H groups in total. The van der Waals surface area contributed by atoms with E-state index in [1.54, 1.807) is 0 Å². The SMILES string of the molecule is COC(=O)c1c(NC(=O)[C@H]2[C@@H](C(=O)O)[C@H]3C=C[C@@H]2C3)sc(C)c1-c1ccccc1. The summed E-state index contributed by atoms with van der Waals surface area (Å²) in [4.78, 5) is 38.3. The minimum atomic E-state index is -0.956. The standard InChI is InChI=1S/C22H21NO5S/c1-11-15(12-6-4-3-5-7-12)18(22(27)28-2)20(29-11)23-19(24)16-13-8-9-14(10-13)17(16)21(25)26/h3-9,13-14,16-17H,10H2,1-2H3,(H,23,24)(H,25,26)/t13-,14+,16-,17+/m1/s1. The summed E-state index contributed by atoms with van der Waals surface area (Å²) in [6, 6.07) is 9.44. The normalized spacial score (nSPS) is 24.5. The van der Waals surface area contributed by atoms with Crippen molar-refractivity contribution in [3.8, 4) is 11.1 Å². The Balaban J connectivity index is 1.71. The Hall–Kier alpha value is -2.93. The van der Waals surface area contributed by atoms with E-state index in [0.29, 0.717) is 17.0 Å². The van der Waals surface area contributed by atoms with Crippen LogP contribution in [0.15, 0.2) is 42.5 Å². The predicted molar refractivity (Wildman–Crippen MR) is 110 cm³/mol. The van der Waals surface area contributed by atoms with Gasteiger partial charge in [-0.3, -0.25) is 9.59 Å². The number of nitrogens with one attached hydrogen (secondary N) is 1. The third-order valence-electron chi connectivity index (χ3n) is 5.82. The fraction of sp³-hybridized carbons (Fsp3) is 0.318. The molecule has 2 aliphatic rings. The molecule has 1 saturated carbocycles. The Morgan fingerprint density at radius 2 is 1.76 bits per heavy atom. The van der Waals surface area contributed by atoms with E-state index in [9.17, 15) is 19.5 Å². The predicted octanol–water partition coefficient (Wildman–Crippen LogP) is 3.97. The first-order valence-electron chi connectivity index (χ1n) is 9.41. The number of aliphatic carboxylic acids is 1. The third kappa shape index (κ3) is 3.25. The number of anilines is 1. The molecule has 4 rings (SSSR count). The third-order valence-corrected chi connectivity index (χ3v) is 6.84. The lowest BCUT2D eigenvalue weighted by Gasteiger charge is -2.23. The fourth-order valence-electron chi connectivity index (χ4n) is 4.59. The van der Waals surface area contributed by atoms with Crippen LogP contribution in [0.25, 0.3) is 11.1 Å². The van der Waals surface area contributed by atoms with Crippen LogP contribution in [0.5, 0.6) is 0 Å². The number of ether oxygens (including phenoxy) is 1. The number of fused-ring (bicyclic) bond motifs is 2. The van der Waals surface area contributed by atoms with Crippen LogP contribution < -0.4 is 5.32 Å². The number of hydrogen-bond donors (Lipinski definition) is 2. The molecule has 150 valence electrons. The van der Waals surface area contributed by atoms with Gasteiger partial charge < -0.3 is 15.2 Å². The molecule has 0 aliphatic heterocycles. The molecule has 1 fully saturated rings. The Morgan fingerprint density at radius 1 is 1.10 bits per heavy atom. The molecule has 1 heterocycles. The highest BCUT2D eigenvalue weighted by Gasteiger charge is 2.51. The molecule has 2 aromatic rings. The molecule has 4 atom stereocenters. The quantitative estimate of drug-likeness (QED) is 0.574. The Morgan fingerprint density at radius 3 is 2.38 bits per heavy atom. The van der Waals surface area contributed by atoms with Crippen molar-refractivity contribution in [1.29, 1.82) is 0 Å². The van der Waals surface area contributed by atoms with Crippen molar-refractivity contribution in [2.45, 2.75) is 13.3 Å². The van der Waals surface area contributed by atoms with Crippen molar-refractivity contribution < 1.29 is 24.2 Å². The molecule has 7 heteroatoms. The van der Waals surface area contributed by atoms with Gasteiger partial charge in [0.05, 0.1) is 18.9 Å². The van der Waals surface area contributed by atoms with Gasteiger partial charge in [-0.25, -0.2) is 4.79 Å². The monoisotopic (exact) mass is 411 g/mol. The lowest BCUT2D eigenvalue weighted by Crippen LogP contribution is -2.36. The van der Waals surface area contributed by atoms with Crippen LogP contribution in [0.1, 0.15) is 21.7 Å². The van der Waals surface area contributed by atoms with Gasteiger partial charge in [-0.15, -0.1) is 11.3 Å². The first-order valence-corrected chi connectivity index (χ1v) is 10.2. The van der Waals surface area contributed by atoms with Gasteiger partial charge in [-0.05, 0) is 30.7 Å².